The number of phosphoric acid groups is 2. The molecule has 0 aromatic heterocycles. The monoisotopic (exact) mass is 1300 g/mol. The predicted octanol–water partition coefficient (Wildman–Crippen LogP) is 19.3. The number of rotatable bonds is 66. The van der Waals surface area contributed by atoms with Crippen molar-refractivity contribution in [2.45, 2.75) is 356 Å². The first-order valence-electron chi connectivity index (χ1n) is 35.7. The lowest BCUT2D eigenvalue weighted by Crippen LogP contribution is -2.30. The van der Waals surface area contributed by atoms with Gasteiger partial charge in [-0.3, -0.25) is 37.3 Å². The van der Waals surface area contributed by atoms with Crippen molar-refractivity contribution in [1.29, 1.82) is 0 Å². The van der Waals surface area contributed by atoms with Crippen LogP contribution in [0.15, 0.2) is 0 Å². The Balaban J connectivity index is 5.20. The summed E-state index contributed by atoms with van der Waals surface area (Å²) >= 11 is 0. The van der Waals surface area contributed by atoms with Gasteiger partial charge in [0, 0.05) is 25.7 Å². The third kappa shape index (κ3) is 61.6. The lowest BCUT2D eigenvalue weighted by molar-refractivity contribution is -0.161. The van der Waals surface area contributed by atoms with Crippen LogP contribution >= 0.6 is 15.6 Å². The molecule has 0 spiro atoms. The predicted molar refractivity (Wildman–Crippen MR) is 354 cm³/mol. The number of hydrogen-bond acceptors (Lipinski definition) is 15. The number of ether oxygens (including phenoxy) is 4. The number of aliphatic hydroxyl groups is 1. The molecule has 0 aliphatic rings. The molecular weight excluding hydrogens is 1160 g/mol. The van der Waals surface area contributed by atoms with E-state index in [2.05, 4.69) is 55.4 Å². The minimum atomic E-state index is -4.95. The van der Waals surface area contributed by atoms with Crippen molar-refractivity contribution >= 4 is 39.5 Å². The van der Waals surface area contributed by atoms with Crippen LogP contribution in [0.3, 0.4) is 0 Å². The Kier molecular flexibility index (Phi) is 57.6. The molecule has 0 heterocycles. The third-order valence-corrected chi connectivity index (χ3v) is 18.1. The number of esters is 4. The Bertz CT molecular complexity index is 1750. The molecule has 0 radical (unpaired) electrons. The average molecular weight is 1300 g/mol. The highest BCUT2D eigenvalue weighted by Crippen LogP contribution is 2.45. The highest BCUT2D eigenvalue weighted by atomic mass is 31.2. The quantitative estimate of drug-likeness (QED) is 0.0222. The molecule has 0 saturated carbocycles. The molecule has 6 atom stereocenters. The molecular formula is C69H134O17P2. The van der Waals surface area contributed by atoms with Crippen LogP contribution in [0.25, 0.3) is 0 Å². The van der Waals surface area contributed by atoms with Gasteiger partial charge in [0.2, 0.25) is 0 Å². The van der Waals surface area contributed by atoms with E-state index >= 15 is 0 Å². The highest BCUT2D eigenvalue weighted by molar-refractivity contribution is 7.47. The Labute approximate surface area is 537 Å². The van der Waals surface area contributed by atoms with Crippen molar-refractivity contribution < 1.29 is 80.2 Å². The van der Waals surface area contributed by atoms with E-state index in [9.17, 15) is 43.2 Å². The van der Waals surface area contributed by atoms with Gasteiger partial charge in [-0.1, -0.05) is 287 Å². The lowest BCUT2D eigenvalue weighted by atomic mass is 10.00. The van der Waals surface area contributed by atoms with E-state index in [4.69, 9.17) is 37.0 Å². The molecule has 88 heavy (non-hydrogen) atoms. The van der Waals surface area contributed by atoms with Crippen molar-refractivity contribution in [2.24, 2.45) is 23.7 Å². The third-order valence-electron chi connectivity index (χ3n) is 16.2. The van der Waals surface area contributed by atoms with Crippen molar-refractivity contribution in [3.63, 3.8) is 0 Å². The second kappa shape index (κ2) is 58.8. The molecule has 0 saturated heterocycles. The Morgan fingerprint density at radius 1 is 0.318 bits per heavy atom. The van der Waals surface area contributed by atoms with Gasteiger partial charge in [0.1, 0.15) is 19.3 Å². The van der Waals surface area contributed by atoms with E-state index in [1.807, 2.05) is 0 Å². The smallest absolute Gasteiger partial charge is 0.462 e. The number of carbonyl (C=O) groups excluding carboxylic acids is 4. The van der Waals surface area contributed by atoms with Crippen LogP contribution in [0.4, 0.5) is 0 Å². The summed E-state index contributed by atoms with van der Waals surface area (Å²) < 4.78 is 68.2. The van der Waals surface area contributed by atoms with E-state index in [1.165, 1.54) is 128 Å². The minimum Gasteiger partial charge on any atom is -0.462 e. The summed E-state index contributed by atoms with van der Waals surface area (Å²) in [6.07, 6.45) is 40.6. The zero-order chi connectivity index (χ0) is 65.4. The summed E-state index contributed by atoms with van der Waals surface area (Å²) in [5.41, 5.74) is 0. The summed E-state index contributed by atoms with van der Waals surface area (Å²) in [6.45, 7) is 14.0. The summed E-state index contributed by atoms with van der Waals surface area (Å²) in [4.78, 5) is 72.4. The van der Waals surface area contributed by atoms with Crippen LogP contribution in [-0.4, -0.2) is 96.7 Å². The fourth-order valence-corrected chi connectivity index (χ4v) is 11.9. The Morgan fingerprint density at radius 2 is 0.545 bits per heavy atom. The number of carbonyl (C=O) groups is 4. The molecule has 0 aliphatic heterocycles. The highest BCUT2D eigenvalue weighted by Gasteiger charge is 2.30. The van der Waals surface area contributed by atoms with Crippen molar-refractivity contribution in [1.82, 2.24) is 0 Å². The van der Waals surface area contributed by atoms with E-state index < -0.39 is 97.5 Å². The number of aliphatic hydroxyl groups excluding tert-OH is 1. The van der Waals surface area contributed by atoms with Gasteiger partial charge in [-0.15, -0.1) is 0 Å². The maximum Gasteiger partial charge on any atom is 0.472 e. The van der Waals surface area contributed by atoms with Gasteiger partial charge in [-0.2, -0.15) is 0 Å². The SMILES string of the molecule is CCC(C)CCCCCCCCC(=O)OC[C@H](COP(=O)(O)OCC(O)COP(=O)(O)OC[C@@H](COC(=O)CCCCCCCCC(C)C)OC(=O)CCCCCCCCCCCCCCCCCC(C)C)OC(=O)CCCCCCCCCCC(C)C. The summed E-state index contributed by atoms with van der Waals surface area (Å²) in [5, 5.41) is 10.6. The van der Waals surface area contributed by atoms with Crippen molar-refractivity contribution in [2.75, 3.05) is 39.6 Å². The minimum absolute atomic E-state index is 0.103. The number of unbranched alkanes of at least 4 members (excludes halogenated alkanes) is 31. The molecule has 0 fully saturated rings. The Hall–Kier alpha value is -1.94. The molecule has 0 bridgehead atoms. The van der Waals surface area contributed by atoms with Gasteiger partial charge in [0.15, 0.2) is 12.2 Å². The first-order valence-corrected chi connectivity index (χ1v) is 38.7. The van der Waals surface area contributed by atoms with Crippen LogP contribution in [0.5, 0.6) is 0 Å². The summed E-state index contributed by atoms with van der Waals surface area (Å²) in [7, 11) is -9.90. The fraction of sp³-hybridized carbons (Fsp3) is 0.942. The zero-order valence-electron chi connectivity index (χ0n) is 57.3. The molecule has 522 valence electrons. The zero-order valence-corrected chi connectivity index (χ0v) is 59.1. The van der Waals surface area contributed by atoms with Gasteiger partial charge >= 0.3 is 39.5 Å². The second-order valence-electron chi connectivity index (χ2n) is 26.6. The molecule has 0 aromatic carbocycles. The summed E-state index contributed by atoms with van der Waals surface area (Å²) in [6, 6.07) is 0. The molecule has 17 nitrogen and oxygen atoms in total. The van der Waals surface area contributed by atoms with Crippen molar-refractivity contribution in [3.8, 4) is 0 Å². The standard InChI is InChI=1S/C69H134O17P2/c1-9-62(8)48-40-32-26-28-34-42-50-67(72)80-56-65(86-69(74)52-44-36-24-20-19-22-30-38-46-60(4)5)58-84-88(77,78)82-54-63(70)53-81-87(75,76)83-57-64(55-79-66(71)49-41-33-27-25-31-39-47-61(6)7)85-68(73)51-43-35-23-18-16-14-12-10-11-13-15-17-21-29-37-45-59(2)3/h59-65,70H,9-58H2,1-8H3,(H,75,76)(H,77,78)/t62?,63?,64-,65-/m1/s1. The first-order chi connectivity index (χ1) is 42.1. The van der Waals surface area contributed by atoms with Crippen LogP contribution in [0.1, 0.15) is 338 Å². The van der Waals surface area contributed by atoms with E-state index in [1.54, 1.807) is 0 Å². The molecule has 3 N–H and O–H groups in total. The van der Waals surface area contributed by atoms with E-state index in [0.717, 1.165) is 120 Å². The summed E-state index contributed by atoms with van der Waals surface area (Å²) in [5.74, 6) is 0.796. The first kappa shape index (κ1) is 86.1. The largest absolute Gasteiger partial charge is 0.472 e. The number of hydrogen-bond donors (Lipinski definition) is 3. The maximum absolute atomic E-state index is 13.0. The van der Waals surface area contributed by atoms with Crippen LogP contribution in [0.2, 0.25) is 0 Å². The lowest BCUT2D eigenvalue weighted by Gasteiger charge is -2.21. The van der Waals surface area contributed by atoms with Gasteiger partial charge in [0.05, 0.1) is 26.4 Å². The van der Waals surface area contributed by atoms with Crippen LogP contribution in [-0.2, 0) is 65.4 Å². The van der Waals surface area contributed by atoms with Gasteiger partial charge in [-0.25, -0.2) is 9.13 Å². The van der Waals surface area contributed by atoms with Crippen molar-refractivity contribution in [3.05, 3.63) is 0 Å². The molecule has 0 rings (SSSR count). The van der Waals surface area contributed by atoms with E-state index in [0.29, 0.717) is 31.6 Å². The fourth-order valence-electron chi connectivity index (χ4n) is 10.3. The van der Waals surface area contributed by atoms with Gasteiger partial charge < -0.3 is 33.8 Å². The van der Waals surface area contributed by atoms with Crippen LogP contribution < -0.4 is 0 Å². The second-order valence-corrected chi connectivity index (χ2v) is 29.5. The van der Waals surface area contributed by atoms with E-state index in [-0.39, 0.29) is 25.7 Å². The number of phosphoric ester groups is 2. The molecule has 0 amide bonds. The van der Waals surface area contributed by atoms with Gasteiger partial charge in [0.25, 0.3) is 0 Å². The Morgan fingerprint density at radius 3 is 0.807 bits per heavy atom. The average Bonchev–Trinajstić information content (AvgIpc) is 3.49. The molecule has 0 aliphatic carbocycles. The normalized spacial score (nSPS) is 14.6. The molecule has 4 unspecified atom stereocenters. The maximum atomic E-state index is 13.0. The van der Waals surface area contributed by atoms with Gasteiger partial charge in [-0.05, 0) is 49.4 Å². The van der Waals surface area contributed by atoms with Crippen LogP contribution in [0, 0.1) is 23.7 Å². The molecule has 0 aromatic rings. The molecule has 19 heteroatoms. The topological polar surface area (TPSA) is 237 Å².